The minimum absolute atomic E-state index is 0.195. The lowest BCUT2D eigenvalue weighted by Crippen LogP contribution is -2.48. The Labute approximate surface area is 410 Å². The van der Waals surface area contributed by atoms with Crippen molar-refractivity contribution in [3.63, 3.8) is 0 Å². The van der Waals surface area contributed by atoms with E-state index in [0.29, 0.717) is 54.4 Å². The van der Waals surface area contributed by atoms with E-state index in [1.54, 1.807) is 14.1 Å². The zero-order valence-corrected chi connectivity index (χ0v) is 41.8. The van der Waals surface area contributed by atoms with E-state index >= 15 is 0 Å². The van der Waals surface area contributed by atoms with Crippen molar-refractivity contribution in [2.75, 3.05) is 77.3 Å². The van der Waals surface area contributed by atoms with Gasteiger partial charge in [0.2, 0.25) is 0 Å². The second-order valence-electron chi connectivity index (χ2n) is 18.7. The molecule has 2 saturated heterocycles. The molecule has 6 aromatic rings. The van der Waals surface area contributed by atoms with Crippen LogP contribution in [-0.4, -0.2) is 142 Å². The third kappa shape index (κ3) is 12.1. The number of aryl methyl sites for hydroxylation is 4. The summed E-state index contributed by atoms with van der Waals surface area (Å²) in [7, 11) is 3.60. The number of hydrogen-bond acceptors (Lipinski definition) is 18. The summed E-state index contributed by atoms with van der Waals surface area (Å²) in [5.41, 5.74) is 8.67. The number of rotatable bonds is 19. The van der Waals surface area contributed by atoms with Crippen LogP contribution >= 0.6 is 0 Å². The fraction of sp³-hybridized carbons (Fsp3) is 0.500. The van der Waals surface area contributed by atoms with Crippen molar-refractivity contribution in [2.45, 2.75) is 104 Å². The number of nitrogens with one attached hydrogen (secondary N) is 4. The molecule has 18 nitrogen and oxygen atoms in total. The highest BCUT2D eigenvalue weighted by Crippen LogP contribution is 2.37. The lowest BCUT2D eigenvalue weighted by atomic mass is 10.0. The Morgan fingerprint density at radius 3 is 1.57 bits per heavy atom. The summed E-state index contributed by atoms with van der Waals surface area (Å²) in [6, 6.07) is 16.6. The summed E-state index contributed by atoms with van der Waals surface area (Å²) in [5, 5.41) is 41.5. The van der Waals surface area contributed by atoms with E-state index in [2.05, 4.69) is 36.5 Å². The van der Waals surface area contributed by atoms with E-state index in [0.717, 1.165) is 125 Å². The molecule has 2 aromatic carbocycles. The second kappa shape index (κ2) is 23.3. The molecule has 3 atom stereocenters. The Kier molecular flexibility index (Phi) is 16.7. The van der Waals surface area contributed by atoms with Crippen LogP contribution < -0.4 is 30.7 Å². The minimum Gasteiger partial charge on any atom is -0.491 e. The number of aromatic nitrogens is 6. The molecule has 0 radical (unpaired) electrons. The van der Waals surface area contributed by atoms with Gasteiger partial charge in [0.15, 0.2) is 11.6 Å². The van der Waals surface area contributed by atoms with Crippen molar-refractivity contribution >= 4 is 11.6 Å². The van der Waals surface area contributed by atoms with Crippen LogP contribution in [0.1, 0.15) is 66.1 Å². The molecule has 3 unspecified atom stereocenters. The first-order valence-corrected chi connectivity index (χ1v) is 24.5. The Morgan fingerprint density at radius 1 is 0.657 bits per heavy atom. The van der Waals surface area contributed by atoms with Crippen LogP contribution in [0.4, 0.5) is 11.6 Å². The van der Waals surface area contributed by atoms with Crippen LogP contribution in [0.25, 0.3) is 45.3 Å². The molecule has 0 amide bonds. The number of likely N-dealkylation sites (tertiary alicyclic amines) is 1. The van der Waals surface area contributed by atoms with Crippen LogP contribution in [-0.2, 0) is 4.74 Å². The topological polar surface area (TPSA) is 223 Å². The third-order valence-electron chi connectivity index (χ3n) is 13.2. The first kappa shape index (κ1) is 50.4. The maximum Gasteiger partial charge on any atom is 0.162 e. The van der Waals surface area contributed by atoms with Crippen molar-refractivity contribution in [1.82, 2.24) is 45.8 Å². The van der Waals surface area contributed by atoms with Crippen LogP contribution in [0.2, 0.25) is 0 Å². The number of aliphatic hydroxyl groups excluding tert-OH is 2. The van der Waals surface area contributed by atoms with Crippen molar-refractivity contribution < 1.29 is 33.5 Å². The highest BCUT2D eigenvalue weighted by Gasteiger charge is 2.33. The van der Waals surface area contributed by atoms with Gasteiger partial charge in [-0.2, -0.15) is 0 Å². The van der Waals surface area contributed by atoms with Crippen LogP contribution in [0, 0.1) is 41.5 Å². The van der Waals surface area contributed by atoms with Gasteiger partial charge in [0.05, 0.1) is 53.2 Å². The van der Waals surface area contributed by atoms with E-state index < -0.39 is 12.2 Å². The number of likely N-dealkylation sites (N-methyl/N-ethyl adjacent to an activating group) is 2. The molecule has 9 rings (SSSR count). The molecule has 0 spiro atoms. The van der Waals surface area contributed by atoms with Crippen molar-refractivity contribution in [2.24, 2.45) is 0 Å². The molecule has 18 heteroatoms. The van der Waals surface area contributed by atoms with Gasteiger partial charge in [0.1, 0.15) is 60.1 Å². The third-order valence-corrected chi connectivity index (χ3v) is 13.2. The van der Waals surface area contributed by atoms with Crippen molar-refractivity contribution in [3.05, 3.63) is 82.6 Å². The molecule has 374 valence electrons. The summed E-state index contributed by atoms with van der Waals surface area (Å²) in [6.07, 6.45) is 4.66. The molecule has 6 heterocycles. The zero-order chi connectivity index (χ0) is 49.3. The Morgan fingerprint density at radius 2 is 1.14 bits per heavy atom. The molecule has 3 aliphatic rings. The van der Waals surface area contributed by atoms with Crippen molar-refractivity contribution in [1.29, 1.82) is 0 Å². The number of aliphatic hydroxyl groups is 2. The number of nitrogens with zero attached hydrogens (tertiary/aromatic N) is 7. The van der Waals surface area contributed by atoms with Crippen molar-refractivity contribution in [3.8, 4) is 56.8 Å². The van der Waals surface area contributed by atoms with Gasteiger partial charge in [-0.3, -0.25) is 4.90 Å². The first-order chi connectivity index (χ1) is 33.9. The van der Waals surface area contributed by atoms with E-state index in [1.807, 2.05) is 90.1 Å². The lowest BCUT2D eigenvalue weighted by molar-refractivity contribution is -0.0571. The SMILES string of the molecule is CNCC(O)COc1cccc(-c2nc(NC3CCCC3)c(C)c(-c3c(C)noc3C)n2)c1.CNCC(O)COc1cccc(-c2nc(NC3CCN(C4COC4)C3)c(C)c(-c3c(C)noc3C)n2)c1. The Bertz CT molecular complexity index is 2640. The maximum atomic E-state index is 10.0. The maximum absolute atomic E-state index is 10.0. The summed E-state index contributed by atoms with van der Waals surface area (Å²) in [4.78, 5) is 22.3. The predicted octanol–water partition coefficient (Wildman–Crippen LogP) is 6.61. The predicted molar refractivity (Wildman–Crippen MR) is 269 cm³/mol. The fourth-order valence-electron chi connectivity index (χ4n) is 9.25. The average molecular weight is 960 g/mol. The molecule has 70 heavy (non-hydrogen) atoms. The minimum atomic E-state index is -0.594. The number of anilines is 2. The average Bonchev–Trinajstić information content (AvgIpc) is 4.16. The monoisotopic (exact) mass is 960 g/mol. The number of ether oxygens (including phenoxy) is 3. The molecule has 0 bridgehead atoms. The highest BCUT2D eigenvalue weighted by atomic mass is 16.5. The van der Waals surface area contributed by atoms with Gasteiger partial charge >= 0.3 is 0 Å². The first-order valence-electron chi connectivity index (χ1n) is 24.5. The summed E-state index contributed by atoms with van der Waals surface area (Å²) >= 11 is 0. The van der Waals surface area contributed by atoms with Gasteiger partial charge in [-0.1, -0.05) is 47.4 Å². The van der Waals surface area contributed by atoms with Gasteiger partial charge in [0, 0.05) is 60.5 Å². The zero-order valence-electron chi connectivity index (χ0n) is 41.8. The van der Waals surface area contributed by atoms with Gasteiger partial charge in [-0.25, -0.2) is 19.9 Å². The Hall–Kier alpha value is -6.02. The fourth-order valence-corrected chi connectivity index (χ4v) is 9.25. The molecule has 1 aliphatic carbocycles. The van der Waals surface area contributed by atoms with E-state index in [1.165, 1.54) is 12.8 Å². The van der Waals surface area contributed by atoms with Crippen LogP contribution in [0.3, 0.4) is 0 Å². The molecule has 2 aliphatic heterocycles. The van der Waals surface area contributed by atoms with Crippen LogP contribution in [0.15, 0.2) is 57.6 Å². The highest BCUT2D eigenvalue weighted by molar-refractivity contribution is 5.76. The lowest BCUT2D eigenvalue weighted by Gasteiger charge is -2.34. The molecule has 4 aromatic heterocycles. The largest absolute Gasteiger partial charge is 0.491 e. The molecular weight excluding hydrogens is 891 g/mol. The molecule has 3 fully saturated rings. The number of benzene rings is 2. The summed E-state index contributed by atoms with van der Waals surface area (Å²) < 4.78 is 27.9. The van der Waals surface area contributed by atoms with Gasteiger partial charge in [-0.05, 0) is 99.2 Å². The standard InChI is InChI=1S/C27H36N6O4.C25H33N5O3/c1-16-25(24-17(2)32-37-18(24)3)30-27(19-6-5-7-23(10-19)36-15-22(34)11-28-4)31-26(16)29-20-8-9-33(12-20)21-13-35-14-21;1-15-23(22-16(2)30-33-17(22)3)28-25(29-24(15)27-19-9-5-6-10-19)18-8-7-11-21(12-18)32-14-20(31)13-26-4/h5-7,10,20-22,28,34H,8-9,11-15H2,1-4H3,(H,29,30,31);7-8,11-12,19-20,26,31H,5-6,9-10,13-14H2,1-4H3,(H,27,28,29). The smallest absolute Gasteiger partial charge is 0.162 e. The summed E-state index contributed by atoms with van der Waals surface area (Å²) in [6.45, 7) is 16.8. The quantitative estimate of drug-likeness (QED) is 0.0503. The van der Waals surface area contributed by atoms with Gasteiger partial charge < -0.3 is 54.7 Å². The molecule has 6 N–H and O–H groups in total. The van der Waals surface area contributed by atoms with Gasteiger partial charge in [0.25, 0.3) is 0 Å². The molecule has 1 saturated carbocycles. The van der Waals surface area contributed by atoms with E-state index in [9.17, 15) is 10.2 Å². The van der Waals surface area contributed by atoms with E-state index in [4.69, 9.17) is 43.2 Å². The Balaban J connectivity index is 0.000000190. The number of hydrogen-bond donors (Lipinski definition) is 6. The molecular formula is C52H69N11O7. The van der Waals surface area contributed by atoms with Gasteiger partial charge in [-0.15, -0.1) is 0 Å². The summed E-state index contributed by atoms with van der Waals surface area (Å²) in [5.74, 6) is 5.64. The van der Waals surface area contributed by atoms with E-state index in [-0.39, 0.29) is 13.2 Å². The second-order valence-corrected chi connectivity index (χ2v) is 18.7. The van der Waals surface area contributed by atoms with Crippen LogP contribution in [0.5, 0.6) is 11.5 Å². The normalized spacial score (nSPS) is 17.2.